The van der Waals surface area contributed by atoms with Gasteiger partial charge >= 0.3 is 6.01 Å². The Morgan fingerprint density at radius 2 is 1.84 bits per heavy atom. The van der Waals surface area contributed by atoms with Crippen molar-refractivity contribution < 1.29 is 27.4 Å². The van der Waals surface area contributed by atoms with Gasteiger partial charge in [0.15, 0.2) is 17.5 Å². The number of aromatic hydroxyl groups is 1. The molecule has 1 spiro atoms. The largest absolute Gasteiger partial charge is 0.508 e. The Bertz CT molecular complexity index is 1810. The van der Waals surface area contributed by atoms with Crippen LogP contribution in [0.2, 0.25) is 0 Å². The molecule has 8 nitrogen and oxygen atoms in total. The van der Waals surface area contributed by atoms with Crippen molar-refractivity contribution in [3.8, 4) is 23.0 Å². The van der Waals surface area contributed by atoms with Crippen molar-refractivity contribution in [2.45, 2.75) is 62.2 Å². The molecule has 2 atom stereocenters. The number of aromatic nitrogens is 3. The number of benzene rings is 2. The first-order valence-electron chi connectivity index (χ1n) is 15.7. The van der Waals surface area contributed by atoms with Crippen LogP contribution in [0.25, 0.3) is 32.9 Å². The van der Waals surface area contributed by atoms with Crippen LogP contribution in [0.4, 0.5) is 23.4 Å². The minimum absolute atomic E-state index is 0.0330. The lowest BCUT2D eigenvalue weighted by molar-refractivity contribution is 0.107. The van der Waals surface area contributed by atoms with Gasteiger partial charge in [0.25, 0.3) is 0 Å². The zero-order valence-corrected chi connectivity index (χ0v) is 24.8. The van der Waals surface area contributed by atoms with E-state index in [0.29, 0.717) is 37.3 Å². The molecule has 4 aliphatic rings. The molecular formula is C33H34F4N6O2. The maximum absolute atomic E-state index is 16.6. The first-order chi connectivity index (χ1) is 21.7. The summed E-state index contributed by atoms with van der Waals surface area (Å²) < 4.78 is 66.7. The normalized spacial score (nSPS) is 24.7. The quantitative estimate of drug-likeness (QED) is 0.277. The highest BCUT2D eigenvalue weighted by molar-refractivity contribution is 6.00. The van der Waals surface area contributed by atoms with Crippen LogP contribution in [0, 0.1) is 17.5 Å². The lowest BCUT2D eigenvalue weighted by atomic mass is 9.86. The highest BCUT2D eigenvalue weighted by Gasteiger charge is 2.49. The molecule has 2 aromatic heterocycles. The van der Waals surface area contributed by atoms with Gasteiger partial charge in [-0.25, -0.2) is 17.6 Å². The molecule has 2 N–H and O–H groups in total. The monoisotopic (exact) mass is 622 g/mol. The van der Waals surface area contributed by atoms with Crippen molar-refractivity contribution in [3.05, 3.63) is 47.9 Å². The molecule has 8 rings (SSSR count). The van der Waals surface area contributed by atoms with Crippen LogP contribution >= 0.6 is 0 Å². The summed E-state index contributed by atoms with van der Waals surface area (Å²) in [6, 6.07) is 4.70. The van der Waals surface area contributed by atoms with E-state index in [1.165, 1.54) is 24.4 Å². The average Bonchev–Trinajstić information content (AvgIpc) is 3.72. The van der Waals surface area contributed by atoms with Crippen LogP contribution in [-0.2, 0) is 0 Å². The van der Waals surface area contributed by atoms with E-state index in [4.69, 9.17) is 9.72 Å². The summed E-state index contributed by atoms with van der Waals surface area (Å²) in [4.78, 5) is 17.8. The van der Waals surface area contributed by atoms with E-state index >= 15 is 8.78 Å². The van der Waals surface area contributed by atoms with Gasteiger partial charge in [-0.15, -0.1) is 0 Å². The number of halogens is 4. The van der Waals surface area contributed by atoms with Crippen molar-refractivity contribution in [3.63, 3.8) is 0 Å². The number of phenols is 1. The molecule has 6 heterocycles. The Morgan fingerprint density at radius 3 is 2.64 bits per heavy atom. The van der Waals surface area contributed by atoms with Gasteiger partial charge < -0.3 is 20.1 Å². The number of piperidine rings is 1. The van der Waals surface area contributed by atoms with E-state index in [2.05, 4.69) is 25.1 Å². The minimum atomic E-state index is -1.16. The maximum Gasteiger partial charge on any atom is 0.319 e. The number of nitrogens with zero attached hydrogens (tertiary/aromatic N) is 5. The molecule has 0 unspecified atom stereocenters. The summed E-state index contributed by atoms with van der Waals surface area (Å²) in [5, 5.41) is 14.4. The fourth-order valence-electron chi connectivity index (χ4n) is 8.17. The number of nitrogens with one attached hydrogen (secondary N) is 1. The summed E-state index contributed by atoms with van der Waals surface area (Å²) in [5.41, 5.74) is -0.817. The van der Waals surface area contributed by atoms with Gasteiger partial charge in [-0.05, 0) is 75.2 Å². The molecule has 4 fully saturated rings. The SMILES string of the molecule is Oc1cc(-c2ncc3c(N4CCC5(CCCN5)CC4)nc(OC[C@@]45CCCN4C[C@H](F)C5)nc3c2F)c2c(F)c(F)ccc2c1. The smallest absolute Gasteiger partial charge is 0.319 e. The van der Waals surface area contributed by atoms with Crippen LogP contribution in [0.1, 0.15) is 44.9 Å². The predicted octanol–water partition coefficient (Wildman–Crippen LogP) is 5.65. The molecule has 4 aliphatic heterocycles. The summed E-state index contributed by atoms with van der Waals surface area (Å²) in [6.07, 6.45) is 6.68. The number of hydrogen-bond acceptors (Lipinski definition) is 8. The van der Waals surface area contributed by atoms with Crippen molar-refractivity contribution in [1.82, 2.24) is 25.2 Å². The van der Waals surface area contributed by atoms with E-state index in [0.717, 1.165) is 57.7 Å². The number of alkyl halides is 1. The lowest BCUT2D eigenvalue weighted by Gasteiger charge is -2.40. The fraction of sp³-hybridized carbons (Fsp3) is 0.485. The molecule has 4 saturated heterocycles. The molecule has 0 bridgehead atoms. The summed E-state index contributed by atoms with van der Waals surface area (Å²) in [6.45, 7) is 3.71. The minimum Gasteiger partial charge on any atom is -0.508 e. The topological polar surface area (TPSA) is 86.6 Å². The maximum atomic E-state index is 16.6. The van der Waals surface area contributed by atoms with E-state index in [9.17, 15) is 13.9 Å². The third kappa shape index (κ3) is 4.75. The second-order valence-electron chi connectivity index (χ2n) is 13.1. The first-order valence-corrected chi connectivity index (χ1v) is 15.7. The molecule has 45 heavy (non-hydrogen) atoms. The fourth-order valence-corrected chi connectivity index (χ4v) is 8.17. The number of fused-ring (bicyclic) bond motifs is 3. The zero-order chi connectivity index (χ0) is 30.9. The molecule has 12 heteroatoms. The molecule has 4 aromatic rings. The predicted molar refractivity (Wildman–Crippen MR) is 162 cm³/mol. The van der Waals surface area contributed by atoms with Crippen LogP contribution in [0.5, 0.6) is 11.8 Å². The second-order valence-corrected chi connectivity index (χ2v) is 13.1. The number of ether oxygens (including phenoxy) is 1. The molecular weight excluding hydrogens is 588 g/mol. The van der Waals surface area contributed by atoms with Crippen molar-refractivity contribution in [2.75, 3.05) is 44.2 Å². The lowest BCUT2D eigenvalue weighted by Crippen LogP contribution is -2.50. The first kappa shape index (κ1) is 28.7. The molecule has 0 radical (unpaired) electrons. The molecule has 2 aromatic carbocycles. The van der Waals surface area contributed by atoms with Gasteiger partial charge in [0.1, 0.15) is 35.6 Å². The van der Waals surface area contributed by atoms with E-state index in [1.54, 1.807) is 0 Å². The summed E-state index contributed by atoms with van der Waals surface area (Å²) >= 11 is 0. The van der Waals surface area contributed by atoms with Gasteiger partial charge in [0, 0.05) is 48.7 Å². The number of phenolic OH excluding ortho intramolecular Hbond substituents is 1. The van der Waals surface area contributed by atoms with Crippen molar-refractivity contribution >= 4 is 27.5 Å². The van der Waals surface area contributed by atoms with E-state index < -0.39 is 29.2 Å². The molecule has 236 valence electrons. The van der Waals surface area contributed by atoms with Gasteiger partial charge in [0.2, 0.25) is 0 Å². The Morgan fingerprint density at radius 1 is 1.00 bits per heavy atom. The third-order valence-corrected chi connectivity index (χ3v) is 10.5. The number of pyridine rings is 1. The Hall–Kier alpha value is -3.77. The standard InChI is InChI=1S/C33H34F4N6O2/c34-20-15-33(6-2-10-43(33)17-20)18-45-31-40-29-23(30(41-31)42-11-7-32(8-12-42)5-1-9-39-32)16-38-28(27(29)37)22-14-21(44)13-19-3-4-24(35)26(36)25(19)22/h3-4,13-14,16,20,39,44H,1-2,5-12,15,17-18H2/t20-,33+/m1/s1. The van der Waals surface area contributed by atoms with E-state index in [-0.39, 0.29) is 51.5 Å². The molecule has 0 saturated carbocycles. The number of anilines is 1. The highest BCUT2D eigenvalue weighted by atomic mass is 19.2. The highest BCUT2D eigenvalue weighted by Crippen LogP contribution is 2.42. The van der Waals surface area contributed by atoms with Gasteiger partial charge in [-0.2, -0.15) is 9.97 Å². The van der Waals surface area contributed by atoms with Crippen molar-refractivity contribution in [2.24, 2.45) is 0 Å². The summed E-state index contributed by atoms with van der Waals surface area (Å²) in [5.74, 6) is -2.90. The summed E-state index contributed by atoms with van der Waals surface area (Å²) in [7, 11) is 0. The third-order valence-electron chi connectivity index (χ3n) is 10.5. The second kappa shape index (κ2) is 10.7. The Balaban J connectivity index is 1.23. The zero-order valence-electron chi connectivity index (χ0n) is 24.8. The van der Waals surface area contributed by atoms with Crippen molar-refractivity contribution in [1.29, 1.82) is 0 Å². The van der Waals surface area contributed by atoms with Crippen LogP contribution in [0.3, 0.4) is 0 Å². The molecule has 0 amide bonds. The van der Waals surface area contributed by atoms with Crippen LogP contribution in [0.15, 0.2) is 30.5 Å². The Labute approximate surface area is 257 Å². The number of rotatable bonds is 5. The Kier molecular flexibility index (Phi) is 6.79. The van der Waals surface area contributed by atoms with Gasteiger partial charge in [-0.1, -0.05) is 6.07 Å². The van der Waals surface area contributed by atoms with Crippen LogP contribution in [-0.4, -0.2) is 81.5 Å². The molecule has 0 aliphatic carbocycles. The average molecular weight is 623 g/mol. The van der Waals surface area contributed by atoms with Gasteiger partial charge in [-0.3, -0.25) is 9.88 Å². The van der Waals surface area contributed by atoms with Crippen LogP contribution < -0.4 is 15.0 Å². The number of hydrogen-bond donors (Lipinski definition) is 2. The van der Waals surface area contributed by atoms with Gasteiger partial charge in [0.05, 0.1) is 10.9 Å². The van der Waals surface area contributed by atoms with E-state index in [1.807, 2.05) is 0 Å².